The lowest BCUT2D eigenvalue weighted by Crippen LogP contribution is -2.26. The first-order valence-electron chi connectivity index (χ1n) is 9.10. The number of esters is 1. The van der Waals surface area contributed by atoms with E-state index in [0.29, 0.717) is 31.1 Å². The summed E-state index contributed by atoms with van der Waals surface area (Å²) in [6, 6.07) is 6.80. The Kier molecular flexibility index (Phi) is 7.33. The fraction of sp³-hybridized carbons (Fsp3) is 0.550. The second-order valence-electron chi connectivity index (χ2n) is 6.92. The Balaban J connectivity index is 1.80. The van der Waals surface area contributed by atoms with E-state index in [0.717, 1.165) is 18.5 Å². The highest BCUT2D eigenvalue weighted by atomic mass is 16.6. The van der Waals surface area contributed by atoms with Crippen molar-refractivity contribution < 1.29 is 23.9 Å². The lowest BCUT2D eigenvalue weighted by Gasteiger charge is -2.16. The number of carbonyl (C=O) groups is 3. The Labute approximate surface area is 154 Å². The van der Waals surface area contributed by atoms with Gasteiger partial charge in [0.25, 0.3) is 0 Å². The Hall–Kier alpha value is -2.21. The van der Waals surface area contributed by atoms with Crippen LogP contribution in [0.25, 0.3) is 0 Å². The van der Waals surface area contributed by atoms with Crippen molar-refractivity contribution >= 4 is 23.3 Å². The monoisotopic (exact) mass is 361 g/mol. The van der Waals surface area contributed by atoms with Crippen molar-refractivity contribution in [3.63, 3.8) is 0 Å². The number of ketones is 1. The maximum atomic E-state index is 12.2. The molecule has 1 aliphatic rings. The first-order chi connectivity index (χ1) is 12.4. The maximum absolute atomic E-state index is 12.2. The van der Waals surface area contributed by atoms with E-state index in [1.54, 1.807) is 36.1 Å². The zero-order valence-electron chi connectivity index (χ0n) is 15.7. The Morgan fingerprint density at radius 2 is 1.85 bits per heavy atom. The first-order valence-corrected chi connectivity index (χ1v) is 9.10. The second kappa shape index (κ2) is 9.48. The summed E-state index contributed by atoms with van der Waals surface area (Å²) in [5, 5.41) is 0. The summed E-state index contributed by atoms with van der Waals surface area (Å²) in [6.07, 6.45) is 1.59. The van der Waals surface area contributed by atoms with Gasteiger partial charge in [-0.2, -0.15) is 0 Å². The molecule has 0 aliphatic carbocycles. The normalized spacial score (nSPS) is 15.4. The molecule has 1 aromatic rings. The summed E-state index contributed by atoms with van der Waals surface area (Å²) in [6.45, 7) is 6.65. The van der Waals surface area contributed by atoms with Crippen LogP contribution < -0.4 is 4.90 Å². The second-order valence-corrected chi connectivity index (χ2v) is 6.92. The van der Waals surface area contributed by atoms with Crippen LogP contribution >= 0.6 is 0 Å². The van der Waals surface area contributed by atoms with Gasteiger partial charge in [-0.15, -0.1) is 0 Å². The summed E-state index contributed by atoms with van der Waals surface area (Å²) in [7, 11) is 0. The third-order valence-corrected chi connectivity index (χ3v) is 4.31. The van der Waals surface area contributed by atoms with E-state index in [4.69, 9.17) is 9.47 Å². The van der Waals surface area contributed by atoms with Gasteiger partial charge in [0.15, 0.2) is 18.5 Å². The summed E-state index contributed by atoms with van der Waals surface area (Å²) in [5.41, 5.74) is 1.23. The fourth-order valence-corrected chi connectivity index (χ4v) is 2.63. The molecule has 1 amide bonds. The van der Waals surface area contributed by atoms with Crippen molar-refractivity contribution in [3.8, 4) is 0 Å². The largest absolute Gasteiger partial charge is 0.455 e. The number of ether oxygens (including phenoxy) is 2. The first kappa shape index (κ1) is 20.1. The van der Waals surface area contributed by atoms with Gasteiger partial charge < -0.3 is 14.4 Å². The van der Waals surface area contributed by atoms with E-state index < -0.39 is 12.1 Å². The lowest BCUT2D eigenvalue weighted by molar-refractivity contribution is -0.155. The van der Waals surface area contributed by atoms with Crippen molar-refractivity contribution in [1.82, 2.24) is 0 Å². The number of anilines is 1. The van der Waals surface area contributed by atoms with E-state index in [-0.39, 0.29) is 18.3 Å². The summed E-state index contributed by atoms with van der Waals surface area (Å²) >= 11 is 0. The van der Waals surface area contributed by atoms with Gasteiger partial charge in [0.1, 0.15) is 0 Å². The minimum Gasteiger partial charge on any atom is -0.455 e. The Morgan fingerprint density at radius 3 is 2.42 bits per heavy atom. The Morgan fingerprint density at radius 1 is 1.15 bits per heavy atom. The molecule has 1 heterocycles. The van der Waals surface area contributed by atoms with Crippen molar-refractivity contribution in [3.05, 3.63) is 29.8 Å². The number of carbonyl (C=O) groups excluding carboxylic acids is 3. The van der Waals surface area contributed by atoms with Gasteiger partial charge >= 0.3 is 5.97 Å². The van der Waals surface area contributed by atoms with Gasteiger partial charge in [0, 0.05) is 30.8 Å². The summed E-state index contributed by atoms with van der Waals surface area (Å²) < 4.78 is 10.5. The molecule has 142 valence electrons. The zero-order chi connectivity index (χ0) is 19.1. The molecule has 6 heteroatoms. The van der Waals surface area contributed by atoms with Crippen LogP contribution in [0.4, 0.5) is 5.69 Å². The van der Waals surface area contributed by atoms with Crippen LogP contribution in [0.3, 0.4) is 0 Å². The molecular formula is C20H27NO5. The van der Waals surface area contributed by atoms with Crippen LogP contribution in [0.1, 0.15) is 50.4 Å². The number of rotatable bonds is 9. The molecular weight excluding hydrogens is 334 g/mol. The van der Waals surface area contributed by atoms with E-state index in [1.807, 2.05) is 0 Å². The summed E-state index contributed by atoms with van der Waals surface area (Å²) in [4.78, 5) is 37.5. The van der Waals surface area contributed by atoms with E-state index in [9.17, 15) is 14.4 Å². The number of hydrogen-bond acceptors (Lipinski definition) is 5. The molecule has 1 aromatic carbocycles. The molecule has 0 saturated carbocycles. The summed E-state index contributed by atoms with van der Waals surface area (Å²) in [5.74, 6) is -0.225. The SMILES string of the molecule is CC(C)CCOC(C)C(=O)OCC(=O)c1ccc(N2CCCC2=O)cc1. The van der Waals surface area contributed by atoms with Gasteiger partial charge in [0.05, 0.1) is 0 Å². The minimum absolute atomic E-state index is 0.101. The Bertz CT molecular complexity index is 638. The molecule has 1 fully saturated rings. The average molecular weight is 361 g/mol. The highest BCUT2D eigenvalue weighted by Crippen LogP contribution is 2.21. The molecule has 26 heavy (non-hydrogen) atoms. The number of benzene rings is 1. The van der Waals surface area contributed by atoms with Crippen molar-refractivity contribution in [1.29, 1.82) is 0 Å². The van der Waals surface area contributed by atoms with Crippen molar-refractivity contribution in [2.75, 3.05) is 24.7 Å². The van der Waals surface area contributed by atoms with Gasteiger partial charge in [0.2, 0.25) is 5.91 Å². The van der Waals surface area contributed by atoms with E-state index >= 15 is 0 Å². The lowest BCUT2D eigenvalue weighted by atomic mass is 10.1. The third kappa shape index (κ3) is 5.66. The quantitative estimate of drug-likeness (QED) is 0.499. The molecule has 1 unspecified atom stereocenters. The van der Waals surface area contributed by atoms with Crippen LogP contribution in [0.15, 0.2) is 24.3 Å². The van der Waals surface area contributed by atoms with Gasteiger partial charge in [-0.25, -0.2) is 4.79 Å². The molecule has 1 aliphatic heterocycles. The molecule has 0 bridgehead atoms. The molecule has 1 saturated heterocycles. The van der Waals surface area contributed by atoms with E-state index in [1.165, 1.54) is 0 Å². The topological polar surface area (TPSA) is 72.9 Å². The van der Waals surface area contributed by atoms with Crippen molar-refractivity contribution in [2.45, 2.75) is 46.1 Å². The number of hydrogen-bond donors (Lipinski definition) is 0. The molecule has 6 nitrogen and oxygen atoms in total. The van der Waals surface area contributed by atoms with Crippen LogP contribution in [-0.4, -0.2) is 43.5 Å². The molecule has 0 radical (unpaired) electrons. The molecule has 2 rings (SSSR count). The van der Waals surface area contributed by atoms with Crippen LogP contribution in [-0.2, 0) is 19.1 Å². The zero-order valence-corrected chi connectivity index (χ0v) is 15.7. The molecule has 0 aromatic heterocycles. The number of nitrogens with zero attached hydrogens (tertiary/aromatic N) is 1. The van der Waals surface area contributed by atoms with E-state index in [2.05, 4.69) is 13.8 Å². The average Bonchev–Trinajstić information content (AvgIpc) is 3.05. The molecule has 0 spiro atoms. The molecule has 0 N–H and O–H groups in total. The smallest absolute Gasteiger partial charge is 0.335 e. The fourth-order valence-electron chi connectivity index (χ4n) is 2.63. The minimum atomic E-state index is -0.690. The number of amides is 1. The molecule has 1 atom stereocenters. The number of Topliss-reactive ketones (excluding diaryl/α,β-unsaturated/α-hetero) is 1. The van der Waals surface area contributed by atoms with Crippen LogP contribution in [0.5, 0.6) is 0 Å². The third-order valence-electron chi connectivity index (χ3n) is 4.31. The van der Waals surface area contributed by atoms with Gasteiger partial charge in [-0.3, -0.25) is 9.59 Å². The van der Waals surface area contributed by atoms with Gasteiger partial charge in [-0.05, 0) is 49.9 Å². The van der Waals surface area contributed by atoms with Crippen LogP contribution in [0.2, 0.25) is 0 Å². The predicted molar refractivity (Wildman–Crippen MR) is 98.2 cm³/mol. The maximum Gasteiger partial charge on any atom is 0.335 e. The van der Waals surface area contributed by atoms with Crippen LogP contribution in [0, 0.1) is 5.92 Å². The van der Waals surface area contributed by atoms with Gasteiger partial charge in [-0.1, -0.05) is 13.8 Å². The van der Waals surface area contributed by atoms with Crippen molar-refractivity contribution in [2.24, 2.45) is 5.92 Å². The predicted octanol–water partition coefficient (Wildman–Crippen LogP) is 2.99. The highest BCUT2D eigenvalue weighted by molar-refractivity contribution is 5.99. The highest BCUT2D eigenvalue weighted by Gasteiger charge is 2.22. The standard InChI is InChI=1S/C20H27NO5/c1-14(2)10-12-25-15(3)20(24)26-13-18(22)16-6-8-17(9-7-16)21-11-4-5-19(21)23/h6-9,14-15H,4-5,10-13H2,1-3H3.